The Bertz CT molecular complexity index is 3600. The monoisotopic (exact) mass is 799 g/mol. The van der Waals surface area contributed by atoms with Crippen molar-refractivity contribution in [3.63, 3.8) is 0 Å². The minimum Gasteiger partial charge on any atom is -0.310 e. The molecular formula is C62H41N. The summed E-state index contributed by atoms with van der Waals surface area (Å²) in [6.07, 6.45) is 0. The Morgan fingerprint density at radius 2 is 0.683 bits per heavy atom. The first-order valence-corrected chi connectivity index (χ1v) is 21.7. The molecular weight excluding hydrogens is 759 g/mol. The maximum Gasteiger partial charge on any atom is 0.0546 e. The fourth-order valence-corrected chi connectivity index (χ4v) is 9.80. The van der Waals surface area contributed by atoms with Gasteiger partial charge in [-0.3, -0.25) is 0 Å². The summed E-state index contributed by atoms with van der Waals surface area (Å²) in [5.41, 5.74) is 13.0. The molecule has 0 aliphatic heterocycles. The molecule has 12 rings (SSSR count). The van der Waals surface area contributed by atoms with Crippen molar-refractivity contribution in [3.05, 3.63) is 249 Å². The van der Waals surface area contributed by atoms with E-state index in [1.165, 1.54) is 98.4 Å². The van der Waals surface area contributed by atoms with E-state index >= 15 is 0 Å². The molecule has 0 aromatic heterocycles. The summed E-state index contributed by atoms with van der Waals surface area (Å²) < 4.78 is 0. The van der Waals surface area contributed by atoms with E-state index in [0.717, 1.165) is 17.1 Å². The van der Waals surface area contributed by atoms with Gasteiger partial charge in [-0.05, 0) is 129 Å². The second-order valence-electron chi connectivity index (χ2n) is 16.4. The van der Waals surface area contributed by atoms with Gasteiger partial charge in [0, 0.05) is 16.8 Å². The molecule has 0 bridgehead atoms. The van der Waals surface area contributed by atoms with E-state index in [4.69, 9.17) is 0 Å². The molecule has 0 radical (unpaired) electrons. The van der Waals surface area contributed by atoms with Crippen LogP contribution in [0.5, 0.6) is 0 Å². The Morgan fingerprint density at radius 3 is 1.33 bits per heavy atom. The third-order valence-electron chi connectivity index (χ3n) is 12.8. The van der Waals surface area contributed by atoms with Crippen molar-refractivity contribution < 1.29 is 0 Å². The van der Waals surface area contributed by atoms with Gasteiger partial charge in [-0.25, -0.2) is 0 Å². The number of nitrogens with zero attached hydrogens (tertiary/aromatic N) is 1. The van der Waals surface area contributed by atoms with Crippen LogP contribution in [0.15, 0.2) is 249 Å². The van der Waals surface area contributed by atoms with Crippen LogP contribution in [0.1, 0.15) is 0 Å². The zero-order chi connectivity index (χ0) is 41.7. The highest BCUT2D eigenvalue weighted by atomic mass is 15.1. The molecule has 0 atom stereocenters. The van der Waals surface area contributed by atoms with Crippen molar-refractivity contribution in [2.45, 2.75) is 0 Å². The highest BCUT2D eigenvalue weighted by Crippen LogP contribution is 2.46. The molecule has 0 unspecified atom stereocenters. The maximum atomic E-state index is 2.45. The first-order chi connectivity index (χ1) is 31.2. The van der Waals surface area contributed by atoms with Gasteiger partial charge in [-0.2, -0.15) is 0 Å². The van der Waals surface area contributed by atoms with Gasteiger partial charge in [0.15, 0.2) is 0 Å². The van der Waals surface area contributed by atoms with Crippen LogP contribution in [0.3, 0.4) is 0 Å². The normalized spacial score (nSPS) is 11.5. The fourth-order valence-electron chi connectivity index (χ4n) is 9.80. The molecule has 0 spiro atoms. The molecule has 294 valence electrons. The molecule has 0 N–H and O–H groups in total. The molecule has 0 fully saturated rings. The summed E-state index contributed by atoms with van der Waals surface area (Å²) in [4.78, 5) is 2.45. The highest BCUT2D eigenvalue weighted by Gasteiger charge is 2.20. The quantitative estimate of drug-likeness (QED) is 0.145. The van der Waals surface area contributed by atoms with E-state index in [1.54, 1.807) is 0 Å². The Morgan fingerprint density at radius 1 is 0.238 bits per heavy atom. The molecule has 0 heterocycles. The van der Waals surface area contributed by atoms with Gasteiger partial charge in [0.25, 0.3) is 0 Å². The van der Waals surface area contributed by atoms with E-state index in [0.29, 0.717) is 0 Å². The summed E-state index contributed by atoms with van der Waals surface area (Å²) in [7, 11) is 0. The highest BCUT2D eigenvalue weighted by molar-refractivity contribution is 6.28. The molecule has 12 aromatic rings. The molecule has 1 nitrogen and oxygen atoms in total. The van der Waals surface area contributed by atoms with Crippen molar-refractivity contribution in [3.8, 4) is 44.5 Å². The topological polar surface area (TPSA) is 3.24 Å². The fraction of sp³-hybridized carbons (Fsp3) is 0. The predicted molar refractivity (Wildman–Crippen MR) is 270 cm³/mol. The standard InChI is InChI=1S/C62H41N/c1-2-14-46(15-3-1)54-40-35-47-16-6-7-18-53(47)61(54)48-33-38-52(39-34-48)63(60-24-12-23-59-57-20-9-8-19-55(57)56-21-10-11-22-58(56)62(59)60)51-36-31-44(32-37-51)43-25-27-45(28-26-43)50-30-29-42-13-4-5-17-49(42)41-50/h1-41H. The average molecular weight is 800 g/mol. The second kappa shape index (κ2) is 15.3. The first-order valence-electron chi connectivity index (χ1n) is 21.7. The lowest BCUT2D eigenvalue weighted by Crippen LogP contribution is -2.10. The van der Waals surface area contributed by atoms with Crippen LogP contribution >= 0.6 is 0 Å². The minimum atomic E-state index is 1.09. The Labute approximate surface area is 367 Å². The van der Waals surface area contributed by atoms with E-state index in [-0.39, 0.29) is 0 Å². The van der Waals surface area contributed by atoms with Gasteiger partial charge in [0.1, 0.15) is 0 Å². The Balaban J connectivity index is 1.00. The van der Waals surface area contributed by atoms with E-state index in [1.807, 2.05) is 0 Å². The van der Waals surface area contributed by atoms with Crippen molar-refractivity contribution >= 4 is 70.9 Å². The molecule has 1 heteroatoms. The lowest BCUT2D eigenvalue weighted by atomic mass is 9.89. The van der Waals surface area contributed by atoms with Crippen molar-refractivity contribution in [1.29, 1.82) is 0 Å². The van der Waals surface area contributed by atoms with Crippen LogP contribution in [0.4, 0.5) is 17.1 Å². The zero-order valence-corrected chi connectivity index (χ0v) is 34.6. The van der Waals surface area contributed by atoms with Crippen LogP contribution in [0, 0.1) is 0 Å². The van der Waals surface area contributed by atoms with Crippen molar-refractivity contribution in [1.82, 2.24) is 0 Å². The smallest absolute Gasteiger partial charge is 0.0546 e. The summed E-state index contributed by atoms with van der Waals surface area (Å²) in [6, 6.07) is 91.0. The van der Waals surface area contributed by atoms with Crippen LogP contribution in [0.2, 0.25) is 0 Å². The van der Waals surface area contributed by atoms with E-state index in [2.05, 4.69) is 254 Å². The lowest BCUT2D eigenvalue weighted by molar-refractivity contribution is 1.30. The van der Waals surface area contributed by atoms with E-state index in [9.17, 15) is 0 Å². The van der Waals surface area contributed by atoms with Crippen molar-refractivity contribution in [2.24, 2.45) is 0 Å². The Hall–Kier alpha value is -8.26. The van der Waals surface area contributed by atoms with Gasteiger partial charge in [0.2, 0.25) is 0 Å². The third kappa shape index (κ3) is 6.42. The number of benzene rings is 12. The summed E-state index contributed by atoms with van der Waals surface area (Å²) >= 11 is 0. The van der Waals surface area contributed by atoms with Crippen LogP contribution < -0.4 is 4.90 Å². The molecule has 0 saturated carbocycles. The van der Waals surface area contributed by atoms with Crippen LogP contribution in [-0.2, 0) is 0 Å². The first kappa shape index (κ1) is 36.6. The summed E-state index contributed by atoms with van der Waals surface area (Å²) in [5, 5.41) is 12.5. The SMILES string of the molecule is c1ccc(-c2ccc3ccccc3c2-c2ccc(N(c3ccc(-c4ccc(-c5ccc6ccccc6c5)cc4)cc3)c3cccc4c5ccccc5c5ccccc5c34)cc2)cc1. The molecule has 12 aromatic carbocycles. The van der Waals surface area contributed by atoms with Crippen LogP contribution in [-0.4, -0.2) is 0 Å². The predicted octanol–water partition coefficient (Wildman–Crippen LogP) is 17.6. The number of anilines is 3. The summed E-state index contributed by atoms with van der Waals surface area (Å²) in [6.45, 7) is 0. The number of fused-ring (bicyclic) bond motifs is 8. The van der Waals surface area contributed by atoms with Gasteiger partial charge in [0.05, 0.1) is 5.69 Å². The third-order valence-corrected chi connectivity index (χ3v) is 12.8. The molecule has 0 amide bonds. The van der Waals surface area contributed by atoms with Crippen LogP contribution in [0.25, 0.3) is 98.4 Å². The second-order valence-corrected chi connectivity index (χ2v) is 16.4. The largest absolute Gasteiger partial charge is 0.310 e. The Kier molecular flexibility index (Phi) is 8.90. The van der Waals surface area contributed by atoms with Crippen molar-refractivity contribution in [2.75, 3.05) is 4.90 Å². The minimum absolute atomic E-state index is 1.09. The molecule has 63 heavy (non-hydrogen) atoms. The number of hydrogen-bond donors (Lipinski definition) is 0. The maximum absolute atomic E-state index is 2.45. The average Bonchev–Trinajstić information content (AvgIpc) is 3.37. The molecule has 0 aliphatic carbocycles. The van der Waals surface area contributed by atoms with Gasteiger partial charge >= 0.3 is 0 Å². The summed E-state index contributed by atoms with van der Waals surface area (Å²) in [5.74, 6) is 0. The lowest BCUT2D eigenvalue weighted by Gasteiger charge is -2.28. The van der Waals surface area contributed by atoms with Gasteiger partial charge < -0.3 is 4.90 Å². The number of rotatable bonds is 7. The zero-order valence-electron chi connectivity index (χ0n) is 34.6. The number of hydrogen-bond acceptors (Lipinski definition) is 1. The molecule has 0 saturated heterocycles. The molecule has 0 aliphatic rings. The van der Waals surface area contributed by atoms with E-state index < -0.39 is 0 Å². The van der Waals surface area contributed by atoms with Gasteiger partial charge in [-0.15, -0.1) is 0 Å². The van der Waals surface area contributed by atoms with Gasteiger partial charge in [-0.1, -0.05) is 212 Å².